The summed E-state index contributed by atoms with van der Waals surface area (Å²) in [5.74, 6) is -7.21. The first kappa shape index (κ1) is 29.2. The Balaban J connectivity index is 1.72. The molecule has 0 saturated heterocycles. The van der Waals surface area contributed by atoms with Crippen LogP contribution in [0.15, 0.2) is 85.3 Å². The summed E-state index contributed by atoms with van der Waals surface area (Å²) in [6.07, 6.45) is 6.24. The zero-order chi connectivity index (χ0) is 31.0. The van der Waals surface area contributed by atoms with Gasteiger partial charge in [0, 0.05) is 68.8 Å². The van der Waals surface area contributed by atoms with Crippen LogP contribution in [-0.4, -0.2) is 21.7 Å². The maximum absolute atomic E-state index is 16.9. The Morgan fingerprint density at radius 2 is 1.05 bits per heavy atom. The molecule has 3 heterocycles. The molecule has 6 aromatic rings. The zero-order valence-corrected chi connectivity index (χ0v) is 23.5. The number of aryl methyl sites for hydroxylation is 1. The number of aromatic nitrogens is 3. The van der Waals surface area contributed by atoms with Gasteiger partial charge in [0.05, 0.1) is 0 Å². The van der Waals surface area contributed by atoms with E-state index in [0.717, 1.165) is 36.8 Å². The van der Waals surface area contributed by atoms with Crippen LogP contribution in [-0.2, 0) is 6.42 Å². The Labute approximate surface area is 250 Å². The normalized spacial score (nSPS) is 11.3. The predicted molar refractivity (Wildman–Crippen MR) is 162 cm³/mol. The molecular weight excluding hydrogens is 575 g/mol. The van der Waals surface area contributed by atoms with E-state index in [1.165, 1.54) is 24.5 Å². The van der Waals surface area contributed by atoms with Gasteiger partial charge < -0.3 is 15.0 Å². The topological polar surface area (TPSA) is 47.4 Å². The highest BCUT2D eigenvalue weighted by atomic mass is 19.2. The summed E-state index contributed by atoms with van der Waals surface area (Å²) in [7, 11) is 0. The molecule has 3 aromatic heterocycles. The van der Waals surface area contributed by atoms with Gasteiger partial charge >= 0.3 is 0 Å². The summed E-state index contributed by atoms with van der Waals surface area (Å²) < 4.78 is 97.9. The lowest BCUT2D eigenvalue weighted by Gasteiger charge is -2.23. The van der Waals surface area contributed by atoms with E-state index in [4.69, 9.17) is 0 Å². The molecule has 3 nitrogen and oxygen atoms in total. The van der Waals surface area contributed by atoms with Crippen molar-refractivity contribution in [3.63, 3.8) is 0 Å². The molecule has 3 N–H and O–H groups in total. The Morgan fingerprint density at radius 3 is 1.50 bits per heavy atom. The maximum Gasteiger partial charge on any atom is 0.264 e. The van der Waals surface area contributed by atoms with Crippen LogP contribution < -0.4 is 16.4 Å². The quantitative estimate of drug-likeness (QED) is 0.115. The highest BCUT2D eigenvalue weighted by Crippen LogP contribution is 2.30. The molecule has 0 aliphatic rings. The molecule has 3 aromatic carbocycles. The van der Waals surface area contributed by atoms with Crippen molar-refractivity contribution in [2.45, 2.75) is 26.2 Å². The number of rotatable bonds is 9. The fourth-order valence-corrected chi connectivity index (χ4v) is 5.80. The number of benzene rings is 3. The van der Waals surface area contributed by atoms with Gasteiger partial charge in [-0.05, 0) is 85.1 Å². The Hall–Kier alpha value is -4.86. The minimum atomic E-state index is -2.19. The lowest BCUT2D eigenvalue weighted by molar-refractivity contribution is 0.588. The van der Waals surface area contributed by atoms with Gasteiger partial charge in [0.15, 0.2) is 0 Å². The SMILES string of the molecule is CCCCc1cc(F)c(B(c2c(F)ccc(-c3ccc[nH]3)c2F)c2c(F)ccc(-c3ccc[nH]3)c2F)c(F)c1-c1ccc[nH]1. The first-order valence-electron chi connectivity index (χ1n) is 14.2. The van der Waals surface area contributed by atoms with E-state index >= 15 is 26.3 Å². The molecular formula is C34H26BF6N3. The molecule has 0 atom stereocenters. The van der Waals surface area contributed by atoms with E-state index in [2.05, 4.69) is 15.0 Å². The van der Waals surface area contributed by atoms with Crippen molar-refractivity contribution >= 4 is 23.1 Å². The summed E-state index contributed by atoms with van der Waals surface area (Å²) in [4.78, 5) is 8.55. The summed E-state index contributed by atoms with van der Waals surface area (Å²) in [6.45, 7) is -0.259. The predicted octanol–water partition coefficient (Wildman–Crippen LogP) is 7.37. The largest absolute Gasteiger partial charge is 0.361 e. The molecule has 0 amide bonds. The lowest BCUT2D eigenvalue weighted by Crippen LogP contribution is -2.59. The fourth-order valence-electron chi connectivity index (χ4n) is 5.80. The first-order chi connectivity index (χ1) is 21.3. The van der Waals surface area contributed by atoms with Crippen LogP contribution in [0.25, 0.3) is 33.8 Å². The molecule has 0 unspecified atom stereocenters. The number of H-pyrrole nitrogens is 3. The van der Waals surface area contributed by atoms with Crippen LogP contribution in [0.5, 0.6) is 0 Å². The second-order valence-corrected chi connectivity index (χ2v) is 10.6. The van der Waals surface area contributed by atoms with Gasteiger partial charge in [-0.15, -0.1) is 0 Å². The second kappa shape index (κ2) is 12.0. The summed E-state index contributed by atoms with van der Waals surface area (Å²) in [5.41, 5.74) is -1.89. The van der Waals surface area contributed by atoms with E-state index in [1.807, 2.05) is 6.92 Å². The van der Waals surface area contributed by atoms with Crippen molar-refractivity contribution in [3.8, 4) is 33.8 Å². The first-order valence-corrected chi connectivity index (χ1v) is 14.2. The van der Waals surface area contributed by atoms with Crippen molar-refractivity contribution in [2.75, 3.05) is 0 Å². The van der Waals surface area contributed by atoms with Gasteiger partial charge in [0.1, 0.15) is 34.9 Å². The number of hydrogen-bond acceptors (Lipinski definition) is 0. The maximum atomic E-state index is 16.9. The highest BCUT2D eigenvalue weighted by Gasteiger charge is 2.40. The van der Waals surface area contributed by atoms with Gasteiger partial charge in [0.2, 0.25) is 0 Å². The van der Waals surface area contributed by atoms with Crippen molar-refractivity contribution in [1.82, 2.24) is 15.0 Å². The van der Waals surface area contributed by atoms with Gasteiger partial charge in [-0.3, -0.25) is 0 Å². The average molecular weight is 601 g/mol. The number of unbranched alkanes of at least 4 members (excludes halogenated alkanes) is 1. The van der Waals surface area contributed by atoms with Gasteiger partial charge in [0.25, 0.3) is 6.71 Å². The van der Waals surface area contributed by atoms with E-state index in [1.54, 1.807) is 30.5 Å². The molecule has 0 bridgehead atoms. The molecule has 44 heavy (non-hydrogen) atoms. The van der Waals surface area contributed by atoms with Crippen molar-refractivity contribution in [1.29, 1.82) is 0 Å². The Kier molecular flexibility index (Phi) is 7.99. The molecule has 0 radical (unpaired) electrons. The Morgan fingerprint density at radius 1 is 0.568 bits per heavy atom. The third-order valence-electron chi connectivity index (χ3n) is 7.90. The van der Waals surface area contributed by atoms with E-state index < -0.39 is 58.0 Å². The highest BCUT2D eigenvalue weighted by molar-refractivity contribution is 6.96. The third kappa shape index (κ3) is 5.04. The van der Waals surface area contributed by atoms with Crippen LogP contribution >= 0.6 is 0 Å². The number of nitrogens with one attached hydrogen (secondary N) is 3. The molecule has 0 saturated carbocycles. The number of aromatic amines is 3. The smallest absolute Gasteiger partial charge is 0.264 e. The van der Waals surface area contributed by atoms with Crippen LogP contribution in [0.2, 0.25) is 0 Å². The summed E-state index contributed by atoms with van der Waals surface area (Å²) in [6, 6.07) is 14.7. The monoisotopic (exact) mass is 601 g/mol. The molecule has 0 aliphatic carbocycles. The second-order valence-electron chi connectivity index (χ2n) is 10.6. The summed E-state index contributed by atoms with van der Waals surface area (Å²) >= 11 is 0. The molecule has 0 spiro atoms. The lowest BCUT2D eigenvalue weighted by atomic mass is 9.35. The molecule has 0 fully saturated rings. The zero-order valence-electron chi connectivity index (χ0n) is 23.5. The van der Waals surface area contributed by atoms with Crippen LogP contribution in [0.4, 0.5) is 26.3 Å². The van der Waals surface area contributed by atoms with Crippen LogP contribution in [0.3, 0.4) is 0 Å². The van der Waals surface area contributed by atoms with Crippen molar-refractivity contribution in [2.24, 2.45) is 0 Å². The molecule has 222 valence electrons. The van der Waals surface area contributed by atoms with Crippen molar-refractivity contribution < 1.29 is 26.3 Å². The van der Waals surface area contributed by atoms with Crippen LogP contribution in [0, 0.1) is 34.9 Å². The minimum Gasteiger partial charge on any atom is -0.361 e. The third-order valence-corrected chi connectivity index (χ3v) is 7.90. The molecule has 0 aliphatic heterocycles. The van der Waals surface area contributed by atoms with Gasteiger partial charge in [-0.1, -0.05) is 13.3 Å². The Bertz CT molecular complexity index is 1830. The van der Waals surface area contributed by atoms with E-state index in [9.17, 15) is 0 Å². The van der Waals surface area contributed by atoms with Gasteiger partial charge in [-0.2, -0.15) is 0 Å². The van der Waals surface area contributed by atoms with Gasteiger partial charge in [-0.25, -0.2) is 26.3 Å². The number of hydrogen-bond donors (Lipinski definition) is 3. The van der Waals surface area contributed by atoms with E-state index in [-0.39, 0.29) is 33.8 Å². The standard InChI is InChI=1S/C34H26BF6N3/c1-2-3-7-19-18-24(38)31(34(41)28(19)27-10-6-17-44-27)35(29-22(36)13-11-20(32(29)39)25-8-4-15-42-25)30-23(37)14-12-21(33(30)40)26-9-5-16-43-26/h4-6,8-18,42-44H,2-3,7H2,1H3. The summed E-state index contributed by atoms with van der Waals surface area (Å²) in [5, 5.41) is 0. The van der Waals surface area contributed by atoms with Crippen molar-refractivity contribution in [3.05, 3.63) is 126 Å². The minimum absolute atomic E-state index is 0.0347. The van der Waals surface area contributed by atoms with E-state index in [0.29, 0.717) is 18.4 Å². The fraction of sp³-hybridized carbons (Fsp3) is 0.118. The molecule has 6 rings (SSSR count). The van der Waals surface area contributed by atoms with Crippen LogP contribution in [0.1, 0.15) is 25.3 Å². The number of halogens is 6. The molecule has 10 heteroatoms. The average Bonchev–Trinajstić information content (AvgIpc) is 3.80.